The molecule has 0 radical (unpaired) electrons. The first-order valence-electron chi connectivity index (χ1n) is 8.26. The first-order chi connectivity index (χ1) is 12.9. The summed E-state index contributed by atoms with van der Waals surface area (Å²) in [5.74, 6) is 0.543. The first kappa shape index (κ1) is 18.7. The minimum Gasteiger partial charge on any atom is -0.444 e. The molecule has 3 rings (SSSR count). The van der Waals surface area contributed by atoms with Crippen molar-refractivity contribution in [3.8, 4) is 11.5 Å². The highest BCUT2D eigenvalue weighted by atomic mass is 32.2. The number of amides is 2. The smallest absolute Gasteiger partial charge is 0.319 e. The molecule has 0 saturated carbocycles. The molecular formula is C19H19N3O4S. The van der Waals surface area contributed by atoms with Gasteiger partial charge in [-0.15, -0.1) is 0 Å². The van der Waals surface area contributed by atoms with Crippen LogP contribution in [0.4, 0.5) is 10.5 Å². The van der Waals surface area contributed by atoms with Crippen molar-refractivity contribution in [3.05, 3.63) is 66.6 Å². The Hall–Kier alpha value is -3.13. The maximum Gasteiger partial charge on any atom is 0.319 e. The summed E-state index contributed by atoms with van der Waals surface area (Å²) in [5.41, 5.74) is 2.14. The third kappa shape index (κ3) is 5.18. The van der Waals surface area contributed by atoms with E-state index in [0.29, 0.717) is 24.5 Å². The molecule has 2 amide bonds. The number of nitrogens with zero attached hydrogens (tertiary/aromatic N) is 1. The lowest BCUT2D eigenvalue weighted by Crippen LogP contribution is -2.30. The van der Waals surface area contributed by atoms with Crippen LogP contribution in [0.3, 0.4) is 0 Å². The van der Waals surface area contributed by atoms with E-state index < -0.39 is 9.84 Å². The molecule has 1 aromatic heterocycles. The average molecular weight is 385 g/mol. The van der Waals surface area contributed by atoms with Crippen LogP contribution in [0.2, 0.25) is 0 Å². The maximum absolute atomic E-state index is 11.9. The predicted octanol–water partition coefficient (Wildman–Crippen LogP) is 3.11. The highest BCUT2D eigenvalue weighted by molar-refractivity contribution is 7.90. The quantitative estimate of drug-likeness (QED) is 0.679. The lowest BCUT2D eigenvalue weighted by atomic mass is 10.2. The molecule has 0 unspecified atom stereocenters. The maximum atomic E-state index is 11.9. The van der Waals surface area contributed by atoms with Gasteiger partial charge in [0.1, 0.15) is 6.26 Å². The number of urea groups is 1. The summed E-state index contributed by atoms with van der Waals surface area (Å²) in [4.78, 5) is 16.5. The van der Waals surface area contributed by atoms with E-state index in [1.807, 2.05) is 30.3 Å². The monoisotopic (exact) mass is 385 g/mol. The number of hydrogen-bond donors (Lipinski definition) is 2. The number of hydrogen-bond acceptors (Lipinski definition) is 5. The van der Waals surface area contributed by atoms with E-state index in [9.17, 15) is 13.2 Å². The van der Waals surface area contributed by atoms with Gasteiger partial charge in [0.15, 0.2) is 9.84 Å². The minimum absolute atomic E-state index is 0.203. The van der Waals surface area contributed by atoms with Gasteiger partial charge in [0.05, 0.1) is 10.6 Å². The number of aromatic nitrogens is 1. The second kappa shape index (κ2) is 8.05. The van der Waals surface area contributed by atoms with Crippen LogP contribution in [0.5, 0.6) is 0 Å². The lowest BCUT2D eigenvalue weighted by Gasteiger charge is -2.07. The van der Waals surface area contributed by atoms with Crippen molar-refractivity contribution in [1.29, 1.82) is 0 Å². The molecule has 2 N–H and O–H groups in total. The van der Waals surface area contributed by atoms with Crippen molar-refractivity contribution in [1.82, 2.24) is 10.3 Å². The topological polar surface area (TPSA) is 101 Å². The van der Waals surface area contributed by atoms with Gasteiger partial charge in [0.2, 0.25) is 5.89 Å². The van der Waals surface area contributed by atoms with Crippen molar-refractivity contribution < 1.29 is 17.6 Å². The molecule has 0 spiro atoms. The standard InChI is InChI=1S/C19H19N3O4S/c1-27(24,25)17-9-7-15(8-10-17)22-19(23)20-12-11-16-13-26-18(21-16)14-5-3-2-4-6-14/h2-10,13H,11-12H2,1H3,(H2,20,22,23). The van der Waals surface area contributed by atoms with Crippen LogP contribution in [0.15, 0.2) is 70.2 Å². The van der Waals surface area contributed by atoms with E-state index in [1.54, 1.807) is 18.4 Å². The van der Waals surface area contributed by atoms with E-state index >= 15 is 0 Å². The molecular weight excluding hydrogens is 366 g/mol. The molecule has 0 aliphatic heterocycles. The Labute approximate surface area is 157 Å². The zero-order valence-corrected chi connectivity index (χ0v) is 15.5. The molecule has 0 aliphatic carbocycles. The van der Waals surface area contributed by atoms with Gasteiger partial charge in [-0.25, -0.2) is 18.2 Å². The zero-order chi connectivity index (χ0) is 19.3. The van der Waals surface area contributed by atoms with Gasteiger partial charge in [0.25, 0.3) is 0 Å². The number of nitrogens with one attached hydrogen (secondary N) is 2. The van der Waals surface area contributed by atoms with Crippen molar-refractivity contribution in [2.75, 3.05) is 18.1 Å². The van der Waals surface area contributed by atoms with E-state index in [0.717, 1.165) is 17.5 Å². The molecule has 0 atom stereocenters. The van der Waals surface area contributed by atoms with E-state index in [1.165, 1.54) is 12.1 Å². The van der Waals surface area contributed by atoms with Crippen molar-refractivity contribution in [3.63, 3.8) is 0 Å². The molecule has 8 heteroatoms. The molecule has 7 nitrogen and oxygen atoms in total. The number of rotatable bonds is 6. The van der Waals surface area contributed by atoms with Crippen molar-refractivity contribution in [2.24, 2.45) is 0 Å². The van der Waals surface area contributed by atoms with E-state index in [4.69, 9.17) is 4.42 Å². The average Bonchev–Trinajstić information content (AvgIpc) is 3.11. The summed E-state index contributed by atoms with van der Waals surface area (Å²) in [7, 11) is -3.26. The lowest BCUT2D eigenvalue weighted by molar-refractivity contribution is 0.252. The Balaban J connectivity index is 1.48. The second-order valence-corrected chi connectivity index (χ2v) is 7.95. The van der Waals surface area contributed by atoms with Crippen LogP contribution < -0.4 is 10.6 Å². The number of carbonyl (C=O) groups is 1. The fraction of sp³-hybridized carbons (Fsp3) is 0.158. The number of anilines is 1. The number of sulfone groups is 1. The van der Waals surface area contributed by atoms with E-state index in [-0.39, 0.29) is 10.9 Å². The third-order valence-corrected chi connectivity index (χ3v) is 4.91. The second-order valence-electron chi connectivity index (χ2n) is 5.94. The molecule has 1 heterocycles. The van der Waals surface area contributed by atoms with Crippen LogP contribution in [0.25, 0.3) is 11.5 Å². The normalized spacial score (nSPS) is 11.1. The predicted molar refractivity (Wildman–Crippen MR) is 102 cm³/mol. The van der Waals surface area contributed by atoms with E-state index in [2.05, 4.69) is 15.6 Å². The van der Waals surface area contributed by atoms with Gasteiger partial charge in [-0.2, -0.15) is 0 Å². The summed E-state index contributed by atoms with van der Waals surface area (Å²) >= 11 is 0. The SMILES string of the molecule is CS(=O)(=O)c1ccc(NC(=O)NCCc2coc(-c3ccccc3)n2)cc1. The van der Waals surface area contributed by atoms with Gasteiger partial charge in [-0.1, -0.05) is 18.2 Å². The summed E-state index contributed by atoms with van der Waals surface area (Å²) in [5, 5.41) is 5.37. The van der Waals surface area contributed by atoms with Crippen LogP contribution in [0.1, 0.15) is 5.69 Å². The Morgan fingerprint density at radius 1 is 1.07 bits per heavy atom. The Kier molecular flexibility index (Phi) is 5.56. The first-order valence-corrected chi connectivity index (χ1v) is 10.2. The zero-order valence-electron chi connectivity index (χ0n) is 14.7. The number of carbonyl (C=O) groups excluding carboxylic acids is 1. The summed E-state index contributed by atoms with van der Waals surface area (Å²) in [6.07, 6.45) is 3.23. The summed E-state index contributed by atoms with van der Waals surface area (Å²) < 4.78 is 28.3. The van der Waals surface area contributed by atoms with Crippen LogP contribution in [-0.4, -0.2) is 32.2 Å². The Bertz CT molecular complexity index is 1010. The fourth-order valence-electron chi connectivity index (χ4n) is 2.40. The number of oxazole rings is 1. The van der Waals surface area contributed by atoms with Crippen LogP contribution in [0, 0.1) is 0 Å². The van der Waals surface area contributed by atoms with Crippen LogP contribution in [-0.2, 0) is 16.3 Å². The summed E-state index contributed by atoms with van der Waals surface area (Å²) in [6.45, 7) is 0.383. The highest BCUT2D eigenvalue weighted by Crippen LogP contribution is 2.18. The molecule has 0 bridgehead atoms. The van der Waals surface area contributed by atoms with Crippen molar-refractivity contribution >= 4 is 21.6 Å². The molecule has 0 fully saturated rings. The van der Waals surface area contributed by atoms with Gasteiger partial charge in [-0.3, -0.25) is 0 Å². The molecule has 140 valence electrons. The molecule has 0 saturated heterocycles. The van der Waals surface area contributed by atoms with Gasteiger partial charge >= 0.3 is 6.03 Å². The number of benzene rings is 2. The molecule has 3 aromatic rings. The Morgan fingerprint density at radius 2 is 1.78 bits per heavy atom. The Morgan fingerprint density at radius 3 is 2.44 bits per heavy atom. The molecule has 2 aromatic carbocycles. The fourth-order valence-corrected chi connectivity index (χ4v) is 3.03. The van der Waals surface area contributed by atoms with Gasteiger partial charge < -0.3 is 15.1 Å². The van der Waals surface area contributed by atoms with Gasteiger partial charge in [0, 0.05) is 30.5 Å². The van der Waals surface area contributed by atoms with Gasteiger partial charge in [-0.05, 0) is 36.4 Å². The molecule has 27 heavy (non-hydrogen) atoms. The van der Waals surface area contributed by atoms with Crippen molar-refractivity contribution in [2.45, 2.75) is 11.3 Å². The highest BCUT2D eigenvalue weighted by Gasteiger charge is 2.09. The molecule has 0 aliphatic rings. The third-order valence-electron chi connectivity index (χ3n) is 3.78. The van der Waals surface area contributed by atoms with Crippen LogP contribution >= 0.6 is 0 Å². The minimum atomic E-state index is -3.26. The summed E-state index contributed by atoms with van der Waals surface area (Å²) in [6, 6.07) is 15.2. The largest absolute Gasteiger partial charge is 0.444 e.